The van der Waals surface area contributed by atoms with Crippen molar-refractivity contribution in [1.29, 1.82) is 0 Å². The fourth-order valence-corrected chi connectivity index (χ4v) is 1.65. The third-order valence-electron chi connectivity index (χ3n) is 1.97. The molecule has 82 valence electrons. The SMILES string of the molecule is CCO/N=C(\C)Cc1ccc(SC)cc1. The molecule has 15 heavy (non-hydrogen) atoms. The summed E-state index contributed by atoms with van der Waals surface area (Å²) >= 11 is 1.76. The van der Waals surface area contributed by atoms with Gasteiger partial charge in [0.05, 0.1) is 5.71 Å². The molecule has 3 heteroatoms. The highest BCUT2D eigenvalue weighted by Gasteiger charge is 1.97. The highest BCUT2D eigenvalue weighted by molar-refractivity contribution is 7.98. The Balaban J connectivity index is 2.57. The van der Waals surface area contributed by atoms with E-state index in [1.807, 2.05) is 13.8 Å². The van der Waals surface area contributed by atoms with Crippen LogP contribution in [0.15, 0.2) is 34.3 Å². The van der Waals surface area contributed by atoms with Gasteiger partial charge in [-0.15, -0.1) is 11.8 Å². The van der Waals surface area contributed by atoms with Crippen LogP contribution in [0, 0.1) is 0 Å². The van der Waals surface area contributed by atoms with Gasteiger partial charge in [-0.05, 0) is 37.8 Å². The van der Waals surface area contributed by atoms with Crippen molar-refractivity contribution >= 4 is 17.5 Å². The van der Waals surface area contributed by atoms with Gasteiger partial charge in [0.15, 0.2) is 0 Å². The van der Waals surface area contributed by atoms with E-state index in [-0.39, 0.29) is 0 Å². The number of rotatable bonds is 5. The highest BCUT2D eigenvalue weighted by atomic mass is 32.2. The summed E-state index contributed by atoms with van der Waals surface area (Å²) in [5, 5.41) is 3.99. The minimum atomic E-state index is 0.628. The van der Waals surface area contributed by atoms with E-state index in [1.54, 1.807) is 11.8 Å². The maximum Gasteiger partial charge on any atom is 0.114 e. The first-order valence-electron chi connectivity index (χ1n) is 5.04. The van der Waals surface area contributed by atoms with E-state index < -0.39 is 0 Å². The van der Waals surface area contributed by atoms with E-state index in [1.165, 1.54) is 10.5 Å². The molecule has 2 nitrogen and oxygen atoms in total. The zero-order chi connectivity index (χ0) is 11.1. The van der Waals surface area contributed by atoms with Crippen molar-refractivity contribution in [2.24, 2.45) is 5.16 Å². The Morgan fingerprint density at radius 3 is 2.53 bits per heavy atom. The van der Waals surface area contributed by atoms with Crippen LogP contribution in [0.5, 0.6) is 0 Å². The highest BCUT2D eigenvalue weighted by Crippen LogP contribution is 2.15. The predicted octanol–water partition coefficient (Wildman–Crippen LogP) is 3.36. The second kappa shape index (κ2) is 6.51. The van der Waals surface area contributed by atoms with Crippen LogP contribution in [0.2, 0.25) is 0 Å². The summed E-state index contributed by atoms with van der Waals surface area (Å²) in [4.78, 5) is 6.29. The van der Waals surface area contributed by atoms with E-state index >= 15 is 0 Å². The minimum absolute atomic E-state index is 0.628. The molecule has 0 heterocycles. The lowest BCUT2D eigenvalue weighted by Gasteiger charge is -2.02. The Labute approximate surface area is 95.7 Å². The molecule has 1 aromatic rings. The molecule has 0 aliphatic carbocycles. The van der Waals surface area contributed by atoms with Crippen molar-refractivity contribution in [3.05, 3.63) is 29.8 Å². The molecule has 0 amide bonds. The van der Waals surface area contributed by atoms with Gasteiger partial charge in [0.1, 0.15) is 6.61 Å². The molecule has 1 rings (SSSR count). The van der Waals surface area contributed by atoms with Gasteiger partial charge in [0, 0.05) is 11.3 Å². The van der Waals surface area contributed by atoms with Gasteiger partial charge in [-0.2, -0.15) is 0 Å². The maximum absolute atomic E-state index is 5.00. The van der Waals surface area contributed by atoms with Crippen LogP contribution in [0.3, 0.4) is 0 Å². The Bertz CT molecular complexity index is 319. The second-order valence-electron chi connectivity index (χ2n) is 3.27. The molecule has 0 spiro atoms. The van der Waals surface area contributed by atoms with Gasteiger partial charge in [0.25, 0.3) is 0 Å². The summed E-state index contributed by atoms with van der Waals surface area (Å²) in [6, 6.07) is 8.54. The first kappa shape index (κ1) is 12.1. The molecular weight excluding hydrogens is 206 g/mol. The zero-order valence-electron chi connectivity index (χ0n) is 9.49. The topological polar surface area (TPSA) is 21.6 Å². The molecule has 1 aromatic carbocycles. The lowest BCUT2D eigenvalue weighted by Crippen LogP contribution is -1.98. The fraction of sp³-hybridized carbons (Fsp3) is 0.417. The summed E-state index contributed by atoms with van der Waals surface area (Å²) in [6.07, 6.45) is 2.94. The zero-order valence-corrected chi connectivity index (χ0v) is 10.3. The fourth-order valence-electron chi connectivity index (χ4n) is 1.25. The van der Waals surface area contributed by atoms with E-state index in [9.17, 15) is 0 Å². The first-order chi connectivity index (χ1) is 7.26. The van der Waals surface area contributed by atoms with Crippen LogP contribution in [-0.2, 0) is 11.3 Å². The molecule has 0 unspecified atom stereocenters. The van der Waals surface area contributed by atoms with E-state index in [0.29, 0.717) is 6.61 Å². The molecule has 0 aliphatic rings. The molecule has 0 N–H and O–H groups in total. The van der Waals surface area contributed by atoms with Crippen molar-refractivity contribution in [2.75, 3.05) is 12.9 Å². The molecule has 0 saturated heterocycles. The number of nitrogens with zero attached hydrogens (tertiary/aromatic N) is 1. The van der Waals surface area contributed by atoms with Gasteiger partial charge in [-0.25, -0.2) is 0 Å². The average molecular weight is 223 g/mol. The Morgan fingerprint density at radius 1 is 1.33 bits per heavy atom. The normalized spacial score (nSPS) is 11.5. The lowest BCUT2D eigenvalue weighted by atomic mass is 10.1. The summed E-state index contributed by atoms with van der Waals surface area (Å²) in [6.45, 7) is 4.55. The predicted molar refractivity (Wildman–Crippen MR) is 66.7 cm³/mol. The van der Waals surface area contributed by atoms with E-state index in [4.69, 9.17) is 4.84 Å². The van der Waals surface area contributed by atoms with Gasteiger partial charge in [-0.3, -0.25) is 0 Å². The van der Waals surface area contributed by atoms with Gasteiger partial charge < -0.3 is 4.84 Å². The van der Waals surface area contributed by atoms with Crippen molar-refractivity contribution < 1.29 is 4.84 Å². The monoisotopic (exact) mass is 223 g/mol. The Hall–Kier alpha value is -0.960. The van der Waals surface area contributed by atoms with Crippen LogP contribution < -0.4 is 0 Å². The Kier molecular flexibility index (Phi) is 5.26. The first-order valence-corrected chi connectivity index (χ1v) is 6.27. The number of hydrogen-bond acceptors (Lipinski definition) is 3. The molecule has 0 saturated carbocycles. The van der Waals surface area contributed by atoms with Gasteiger partial charge in [-0.1, -0.05) is 17.3 Å². The third-order valence-corrected chi connectivity index (χ3v) is 2.71. The van der Waals surface area contributed by atoms with Crippen molar-refractivity contribution in [1.82, 2.24) is 0 Å². The average Bonchev–Trinajstić information content (AvgIpc) is 2.27. The number of hydrogen-bond donors (Lipinski definition) is 0. The largest absolute Gasteiger partial charge is 0.396 e. The van der Waals surface area contributed by atoms with Crippen molar-refractivity contribution in [3.8, 4) is 0 Å². The summed E-state index contributed by atoms with van der Waals surface area (Å²) in [5.74, 6) is 0. The second-order valence-corrected chi connectivity index (χ2v) is 4.15. The van der Waals surface area contributed by atoms with E-state index in [0.717, 1.165) is 12.1 Å². The summed E-state index contributed by atoms with van der Waals surface area (Å²) < 4.78 is 0. The Morgan fingerprint density at radius 2 is 2.00 bits per heavy atom. The summed E-state index contributed by atoms with van der Waals surface area (Å²) in [7, 11) is 0. The molecule has 0 aliphatic heterocycles. The third kappa shape index (κ3) is 4.38. The molecule has 0 radical (unpaired) electrons. The van der Waals surface area contributed by atoms with Crippen LogP contribution in [0.25, 0.3) is 0 Å². The van der Waals surface area contributed by atoms with Gasteiger partial charge >= 0.3 is 0 Å². The van der Waals surface area contributed by atoms with Crippen LogP contribution >= 0.6 is 11.8 Å². The quantitative estimate of drug-likeness (QED) is 0.433. The maximum atomic E-state index is 5.00. The van der Waals surface area contributed by atoms with Crippen LogP contribution in [0.4, 0.5) is 0 Å². The molecule has 0 atom stereocenters. The number of oxime groups is 1. The molecule has 0 aromatic heterocycles. The van der Waals surface area contributed by atoms with Crippen LogP contribution in [0.1, 0.15) is 19.4 Å². The summed E-state index contributed by atoms with van der Waals surface area (Å²) in [5.41, 5.74) is 2.28. The van der Waals surface area contributed by atoms with Crippen molar-refractivity contribution in [2.45, 2.75) is 25.2 Å². The smallest absolute Gasteiger partial charge is 0.114 e. The lowest BCUT2D eigenvalue weighted by molar-refractivity contribution is 0.158. The number of thioether (sulfide) groups is 1. The van der Waals surface area contributed by atoms with Crippen LogP contribution in [-0.4, -0.2) is 18.6 Å². The molecular formula is C12H17NOS. The van der Waals surface area contributed by atoms with Gasteiger partial charge in [0.2, 0.25) is 0 Å². The standard InChI is InChI=1S/C12H17NOS/c1-4-14-13-10(2)9-11-5-7-12(15-3)8-6-11/h5-8H,4,9H2,1-3H3/b13-10+. The molecule has 0 fully saturated rings. The number of benzene rings is 1. The van der Waals surface area contributed by atoms with E-state index in [2.05, 4.69) is 35.7 Å². The minimum Gasteiger partial charge on any atom is -0.396 e. The molecule has 0 bridgehead atoms. The van der Waals surface area contributed by atoms with Crippen molar-refractivity contribution in [3.63, 3.8) is 0 Å².